The van der Waals surface area contributed by atoms with E-state index in [2.05, 4.69) is 44.1 Å². The summed E-state index contributed by atoms with van der Waals surface area (Å²) in [5.41, 5.74) is 1.16. The molecule has 2 aliphatic heterocycles. The van der Waals surface area contributed by atoms with Crippen LogP contribution in [-0.2, 0) is 4.79 Å². The summed E-state index contributed by atoms with van der Waals surface area (Å²) in [6.07, 6.45) is 6.60. The van der Waals surface area contributed by atoms with Crippen molar-refractivity contribution in [1.29, 1.82) is 0 Å². The van der Waals surface area contributed by atoms with Crippen molar-refractivity contribution >= 4 is 23.2 Å². The Morgan fingerprint density at radius 1 is 1.12 bits per heavy atom. The van der Waals surface area contributed by atoms with Gasteiger partial charge in [-0.2, -0.15) is 0 Å². The Labute approximate surface area is 203 Å². The van der Waals surface area contributed by atoms with Crippen LogP contribution in [0.25, 0.3) is 0 Å². The summed E-state index contributed by atoms with van der Waals surface area (Å²) in [5.74, 6) is 3.55. The molecule has 184 valence electrons. The number of aromatic nitrogens is 2. The third-order valence-electron chi connectivity index (χ3n) is 6.87. The molecule has 2 fully saturated rings. The molecule has 0 aliphatic carbocycles. The van der Waals surface area contributed by atoms with Gasteiger partial charge in [0.25, 0.3) is 0 Å². The summed E-state index contributed by atoms with van der Waals surface area (Å²) in [7, 11) is 1.69. The first kappa shape index (κ1) is 24.1. The molecule has 2 saturated heterocycles. The molecule has 0 spiro atoms. The van der Waals surface area contributed by atoms with Gasteiger partial charge in [-0.3, -0.25) is 4.79 Å². The number of anilines is 3. The second kappa shape index (κ2) is 11.9. The summed E-state index contributed by atoms with van der Waals surface area (Å²) in [4.78, 5) is 28.5. The van der Waals surface area contributed by atoms with Gasteiger partial charge >= 0.3 is 0 Å². The minimum Gasteiger partial charge on any atom is -0.497 e. The first-order chi connectivity index (χ1) is 16.7. The molecule has 1 aromatic heterocycles. The number of benzene rings is 1. The Bertz CT molecular complexity index is 931. The average molecular weight is 467 g/mol. The maximum Gasteiger partial charge on any atom is 0.222 e. The van der Waals surface area contributed by atoms with Crippen LogP contribution >= 0.6 is 0 Å². The lowest BCUT2D eigenvalue weighted by Crippen LogP contribution is -2.49. The standard InChI is InChI=1S/C26H38N6O2/c1-3-11-27-24-18-25(29-20-28-24)32-12-5-6-21(19-32)9-10-26(33)31-15-13-30(14-16-31)22-7-4-8-23(17-22)34-2/h4,7-8,17-18,20-21H,3,5-6,9-16,19H2,1-2H3,(H,27,28,29)/t21-/m1/s1. The summed E-state index contributed by atoms with van der Waals surface area (Å²) in [6, 6.07) is 10.2. The van der Waals surface area contributed by atoms with Crippen LogP contribution in [0.15, 0.2) is 36.7 Å². The van der Waals surface area contributed by atoms with E-state index in [0.29, 0.717) is 12.3 Å². The number of carbonyl (C=O) groups is 1. The number of hydrogen-bond acceptors (Lipinski definition) is 7. The monoisotopic (exact) mass is 466 g/mol. The van der Waals surface area contributed by atoms with Crippen molar-refractivity contribution in [2.45, 2.75) is 39.0 Å². The average Bonchev–Trinajstić information content (AvgIpc) is 2.91. The topological polar surface area (TPSA) is 73.8 Å². The molecular formula is C26H38N6O2. The number of carbonyl (C=O) groups excluding carboxylic acids is 1. The van der Waals surface area contributed by atoms with Gasteiger partial charge in [0.15, 0.2) is 0 Å². The first-order valence-electron chi connectivity index (χ1n) is 12.6. The molecule has 1 atom stereocenters. The van der Waals surface area contributed by atoms with Crippen LogP contribution in [-0.4, -0.2) is 73.7 Å². The number of rotatable bonds is 9. The van der Waals surface area contributed by atoms with Crippen LogP contribution in [0.4, 0.5) is 17.3 Å². The lowest BCUT2D eigenvalue weighted by Gasteiger charge is -2.37. The Balaban J connectivity index is 1.23. The smallest absolute Gasteiger partial charge is 0.222 e. The van der Waals surface area contributed by atoms with Crippen molar-refractivity contribution in [3.05, 3.63) is 36.7 Å². The molecule has 1 N–H and O–H groups in total. The maximum atomic E-state index is 12.9. The number of amides is 1. The van der Waals surface area contributed by atoms with Crippen molar-refractivity contribution in [3.8, 4) is 5.75 Å². The van der Waals surface area contributed by atoms with Crippen molar-refractivity contribution < 1.29 is 9.53 Å². The van der Waals surface area contributed by atoms with E-state index in [1.807, 2.05) is 23.1 Å². The maximum absolute atomic E-state index is 12.9. The zero-order valence-corrected chi connectivity index (χ0v) is 20.6. The van der Waals surface area contributed by atoms with Gasteiger partial charge in [-0.25, -0.2) is 9.97 Å². The van der Waals surface area contributed by atoms with Crippen LogP contribution < -0.4 is 19.9 Å². The fourth-order valence-corrected chi connectivity index (χ4v) is 4.89. The number of nitrogens with zero attached hydrogens (tertiary/aromatic N) is 5. The van der Waals surface area contributed by atoms with Crippen molar-refractivity contribution in [3.63, 3.8) is 0 Å². The summed E-state index contributed by atoms with van der Waals surface area (Å²) < 4.78 is 5.35. The molecular weight excluding hydrogens is 428 g/mol. The molecule has 0 bridgehead atoms. The quantitative estimate of drug-likeness (QED) is 0.605. The van der Waals surface area contributed by atoms with Crippen molar-refractivity contribution in [2.24, 2.45) is 5.92 Å². The van der Waals surface area contributed by atoms with E-state index in [9.17, 15) is 4.79 Å². The van der Waals surface area contributed by atoms with Gasteiger partial charge in [-0.05, 0) is 43.7 Å². The fraction of sp³-hybridized carbons (Fsp3) is 0.577. The highest BCUT2D eigenvalue weighted by Crippen LogP contribution is 2.26. The zero-order chi connectivity index (χ0) is 23.8. The number of piperidine rings is 1. The molecule has 2 aliphatic rings. The molecule has 4 rings (SSSR count). The van der Waals surface area contributed by atoms with E-state index in [4.69, 9.17) is 4.74 Å². The minimum absolute atomic E-state index is 0.288. The van der Waals surface area contributed by atoms with Gasteiger partial charge in [0, 0.05) is 70.1 Å². The molecule has 0 unspecified atom stereocenters. The van der Waals surface area contributed by atoms with E-state index >= 15 is 0 Å². The normalized spacial score (nSPS) is 18.6. The number of piperazine rings is 1. The van der Waals surface area contributed by atoms with Crippen LogP contribution in [0.5, 0.6) is 5.75 Å². The first-order valence-corrected chi connectivity index (χ1v) is 12.6. The summed E-state index contributed by atoms with van der Waals surface area (Å²) in [5, 5.41) is 3.34. The van der Waals surface area contributed by atoms with Gasteiger partial charge < -0.3 is 24.8 Å². The lowest BCUT2D eigenvalue weighted by atomic mass is 9.93. The third-order valence-corrected chi connectivity index (χ3v) is 6.87. The van der Waals surface area contributed by atoms with E-state index in [0.717, 1.165) is 88.1 Å². The van der Waals surface area contributed by atoms with Crippen LogP contribution in [0.3, 0.4) is 0 Å². The number of nitrogens with one attached hydrogen (secondary N) is 1. The number of methoxy groups -OCH3 is 1. The van der Waals surface area contributed by atoms with Gasteiger partial charge in [0.1, 0.15) is 23.7 Å². The Kier molecular flexibility index (Phi) is 8.44. The fourth-order valence-electron chi connectivity index (χ4n) is 4.89. The van der Waals surface area contributed by atoms with E-state index in [1.165, 1.54) is 6.42 Å². The largest absolute Gasteiger partial charge is 0.497 e. The van der Waals surface area contributed by atoms with Gasteiger partial charge in [-0.15, -0.1) is 0 Å². The molecule has 2 aromatic rings. The zero-order valence-electron chi connectivity index (χ0n) is 20.6. The SMILES string of the molecule is CCCNc1cc(N2CCC[C@H](CCC(=O)N3CCN(c4cccc(OC)c4)CC3)C2)ncn1. The van der Waals surface area contributed by atoms with Crippen LogP contribution in [0.1, 0.15) is 39.0 Å². The van der Waals surface area contributed by atoms with E-state index < -0.39 is 0 Å². The van der Waals surface area contributed by atoms with Crippen molar-refractivity contribution in [2.75, 3.05) is 68.0 Å². The van der Waals surface area contributed by atoms with Crippen LogP contribution in [0, 0.1) is 5.92 Å². The molecule has 0 radical (unpaired) electrons. The molecule has 3 heterocycles. The highest BCUT2D eigenvalue weighted by Gasteiger charge is 2.25. The Morgan fingerprint density at radius 2 is 1.97 bits per heavy atom. The number of hydrogen-bond donors (Lipinski definition) is 1. The van der Waals surface area contributed by atoms with Crippen molar-refractivity contribution in [1.82, 2.24) is 14.9 Å². The molecule has 34 heavy (non-hydrogen) atoms. The summed E-state index contributed by atoms with van der Waals surface area (Å²) >= 11 is 0. The van der Waals surface area contributed by atoms with Crippen LogP contribution in [0.2, 0.25) is 0 Å². The van der Waals surface area contributed by atoms with Gasteiger partial charge in [0.2, 0.25) is 5.91 Å². The Hall–Kier alpha value is -3.03. The summed E-state index contributed by atoms with van der Waals surface area (Å²) in [6.45, 7) is 8.31. The van der Waals surface area contributed by atoms with E-state index in [1.54, 1.807) is 13.4 Å². The molecule has 1 aromatic carbocycles. The van der Waals surface area contributed by atoms with Gasteiger partial charge in [0.05, 0.1) is 7.11 Å². The second-order valence-electron chi connectivity index (χ2n) is 9.25. The predicted octanol–water partition coefficient (Wildman–Crippen LogP) is 3.65. The highest BCUT2D eigenvalue weighted by molar-refractivity contribution is 5.76. The molecule has 8 heteroatoms. The highest BCUT2D eigenvalue weighted by atomic mass is 16.5. The molecule has 1 amide bonds. The predicted molar refractivity (Wildman–Crippen MR) is 137 cm³/mol. The molecule has 0 saturated carbocycles. The van der Waals surface area contributed by atoms with E-state index in [-0.39, 0.29) is 5.91 Å². The number of ether oxygens (including phenoxy) is 1. The van der Waals surface area contributed by atoms with Gasteiger partial charge in [-0.1, -0.05) is 13.0 Å². The Morgan fingerprint density at radius 3 is 2.76 bits per heavy atom. The minimum atomic E-state index is 0.288. The second-order valence-corrected chi connectivity index (χ2v) is 9.25. The lowest BCUT2D eigenvalue weighted by molar-refractivity contribution is -0.131. The molecule has 8 nitrogen and oxygen atoms in total. The third kappa shape index (κ3) is 6.30.